The number of rotatable bonds is 3. The monoisotopic (exact) mass is 146 g/mol. The molecule has 0 heterocycles. The first-order valence-corrected chi connectivity index (χ1v) is 3.72. The molecule has 0 aromatic heterocycles. The molecule has 0 atom stereocenters. The lowest BCUT2D eigenvalue weighted by molar-refractivity contribution is -0.119. The van der Waals surface area contributed by atoms with Gasteiger partial charge in [-0.3, -0.25) is 4.79 Å². The SMILES string of the molecule is CC.CCNCC(=O)NC. The van der Waals surface area contributed by atoms with Gasteiger partial charge in [0.1, 0.15) is 0 Å². The van der Waals surface area contributed by atoms with Crippen molar-refractivity contribution in [2.24, 2.45) is 0 Å². The summed E-state index contributed by atoms with van der Waals surface area (Å²) in [6.45, 7) is 7.23. The molecule has 0 saturated heterocycles. The molecular weight excluding hydrogens is 128 g/mol. The minimum Gasteiger partial charge on any atom is -0.358 e. The van der Waals surface area contributed by atoms with Gasteiger partial charge in [-0.15, -0.1) is 0 Å². The Kier molecular flexibility index (Phi) is 13.7. The number of likely N-dealkylation sites (N-methyl/N-ethyl adjacent to an activating group) is 2. The first kappa shape index (κ1) is 12.1. The van der Waals surface area contributed by atoms with E-state index in [0.717, 1.165) is 6.54 Å². The second-order valence-electron chi connectivity index (χ2n) is 1.45. The fourth-order valence-electron chi connectivity index (χ4n) is 0.327. The molecule has 1 amide bonds. The van der Waals surface area contributed by atoms with Gasteiger partial charge in [0, 0.05) is 7.05 Å². The lowest BCUT2D eigenvalue weighted by Gasteiger charge is -1.97. The summed E-state index contributed by atoms with van der Waals surface area (Å²) in [7, 11) is 1.62. The van der Waals surface area contributed by atoms with Gasteiger partial charge in [0.25, 0.3) is 0 Å². The van der Waals surface area contributed by atoms with Crippen LogP contribution in [0.3, 0.4) is 0 Å². The molecule has 0 rings (SSSR count). The van der Waals surface area contributed by atoms with Crippen molar-refractivity contribution in [3.63, 3.8) is 0 Å². The molecule has 3 heteroatoms. The molecule has 0 unspecified atom stereocenters. The van der Waals surface area contributed by atoms with E-state index in [9.17, 15) is 4.79 Å². The van der Waals surface area contributed by atoms with Crippen LogP contribution in [0.25, 0.3) is 0 Å². The average Bonchev–Trinajstić information content (AvgIpc) is 2.04. The Hall–Kier alpha value is -0.570. The van der Waals surface area contributed by atoms with Crippen molar-refractivity contribution in [2.75, 3.05) is 20.1 Å². The van der Waals surface area contributed by atoms with Gasteiger partial charge in [0.05, 0.1) is 6.54 Å². The minimum absolute atomic E-state index is 0.0341. The molecule has 0 bridgehead atoms. The number of amides is 1. The Bertz CT molecular complexity index is 74.0. The summed E-state index contributed by atoms with van der Waals surface area (Å²) in [4.78, 5) is 10.4. The maximum Gasteiger partial charge on any atom is 0.233 e. The second-order valence-corrected chi connectivity index (χ2v) is 1.45. The van der Waals surface area contributed by atoms with Crippen molar-refractivity contribution >= 4 is 5.91 Å². The van der Waals surface area contributed by atoms with Crippen molar-refractivity contribution in [2.45, 2.75) is 20.8 Å². The summed E-state index contributed by atoms with van der Waals surface area (Å²) < 4.78 is 0. The molecule has 0 aliphatic carbocycles. The van der Waals surface area contributed by atoms with Gasteiger partial charge >= 0.3 is 0 Å². The molecule has 2 N–H and O–H groups in total. The van der Waals surface area contributed by atoms with Gasteiger partial charge in [-0.05, 0) is 6.54 Å². The van der Waals surface area contributed by atoms with Crippen molar-refractivity contribution < 1.29 is 4.79 Å². The van der Waals surface area contributed by atoms with Gasteiger partial charge in [0.2, 0.25) is 5.91 Å². The number of hydrogen-bond acceptors (Lipinski definition) is 2. The molecule has 0 radical (unpaired) electrons. The van der Waals surface area contributed by atoms with Gasteiger partial charge in [-0.25, -0.2) is 0 Å². The number of nitrogens with one attached hydrogen (secondary N) is 2. The zero-order valence-electron chi connectivity index (χ0n) is 7.32. The van der Waals surface area contributed by atoms with E-state index in [2.05, 4.69) is 10.6 Å². The third-order valence-corrected chi connectivity index (χ3v) is 0.814. The van der Waals surface area contributed by atoms with Crippen LogP contribution in [0, 0.1) is 0 Å². The molecule has 62 valence electrons. The summed E-state index contributed by atoms with van der Waals surface area (Å²) in [5.74, 6) is 0.0341. The van der Waals surface area contributed by atoms with E-state index in [-0.39, 0.29) is 5.91 Å². The fraction of sp³-hybridized carbons (Fsp3) is 0.857. The zero-order chi connectivity index (χ0) is 8.41. The zero-order valence-corrected chi connectivity index (χ0v) is 7.32. The molecule has 10 heavy (non-hydrogen) atoms. The first-order chi connectivity index (χ1) is 4.81. The molecule has 0 aromatic rings. The third-order valence-electron chi connectivity index (χ3n) is 0.814. The van der Waals surface area contributed by atoms with Crippen LogP contribution in [0.15, 0.2) is 0 Å². The summed E-state index contributed by atoms with van der Waals surface area (Å²) in [5.41, 5.74) is 0. The van der Waals surface area contributed by atoms with E-state index < -0.39 is 0 Å². The smallest absolute Gasteiger partial charge is 0.233 e. The van der Waals surface area contributed by atoms with Crippen LogP contribution < -0.4 is 10.6 Å². The molecule has 0 fully saturated rings. The fourth-order valence-corrected chi connectivity index (χ4v) is 0.327. The van der Waals surface area contributed by atoms with Crippen LogP contribution >= 0.6 is 0 Å². The molecule has 0 aromatic carbocycles. The van der Waals surface area contributed by atoms with E-state index in [1.807, 2.05) is 20.8 Å². The molecule has 0 aliphatic rings. The summed E-state index contributed by atoms with van der Waals surface area (Å²) >= 11 is 0. The normalized spacial score (nSPS) is 7.60. The average molecular weight is 146 g/mol. The van der Waals surface area contributed by atoms with Crippen LogP contribution in [-0.4, -0.2) is 26.0 Å². The van der Waals surface area contributed by atoms with E-state index in [1.165, 1.54) is 0 Å². The topological polar surface area (TPSA) is 41.1 Å². The van der Waals surface area contributed by atoms with Gasteiger partial charge in [0.15, 0.2) is 0 Å². The Morgan fingerprint density at radius 2 is 1.90 bits per heavy atom. The maximum absolute atomic E-state index is 10.4. The predicted octanol–water partition coefficient (Wildman–Crippen LogP) is 0.368. The predicted molar refractivity (Wildman–Crippen MR) is 44.0 cm³/mol. The highest BCUT2D eigenvalue weighted by atomic mass is 16.1. The van der Waals surface area contributed by atoms with Crippen molar-refractivity contribution in [1.29, 1.82) is 0 Å². The Labute approximate surface area is 63.2 Å². The quantitative estimate of drug-likeness (QED) is 0.604. The third kappa shape index (κ3) is 10.4. The van der Waals surface area contributed by atoms with Gasteiger partial charge in [-0.1, -0.05) is 20.8 Å². The van der Waals surface area contributed by atoms with Crippen molar-refractivity contribution in [3.05, 3.63) is 0 Å². The highest BCUT2D eigenvalue weighted by molar-refractivity contribution is 5.77. The number of carbonyl (C=O) groups is 1. The largest absolute Gasteiger partial charge is 0.358 e. The molecule has 3 nitrogen and oxygen atoms in total. The summed E-state index contributed by atoms with van der Waals surface area (Å²) in [5, 5.41) is 5.39. The Morgan fingerprint density at radius 1 is 1.40 bits per heavy atom. The summed E-state index contributed by atoms with van der Waals surface area (Å²) in [6, 6.07) is 0. The van der Waals surface area contributed by atoms with E-state index in [0.29, 0.717) is 6.54 Å². The highest BCUT2D eigenvalue weighted by Crippen LogP contribution is 1.57. The van der Waals surface area contributed by atoms with Gasteiger partial charge < -0.3 is 10.6 Å². The van der Waals surface area contributed by atoms with E-state index in [4.69, 9.17) is 0 Å². The lowest BCUT2D eigenvalue weighted by atomic mass is 10.6. The van der Waals surface area contributed by atoms with Crippen LogP contribution in [-0.2, 0) is 4.79 Å². The lowest BCUT2D eigenvalue weighted by Crippen LogP contribution is -2.30. The number of hydrogen-bond donors (Lipinski definition) is 2. The standard InChI is InChI=1S/C5H12N2O.C2H6/c1-3-7-4-5(8)6-2;1-2/h7H,3-4H2,1-2H3,(H,6,8);1-2H3. The molecule has 0 spiro atoms. The Morgan fingerprint density at radius 3 is 2.20 bits per heavy atom. The van der Waals surface area contributed by atoms with Crippen LogP contribution in [0.2, 0.25) is 0 Å². The van der Waals surface area contributed by atoms with Crippen molar-refractivity contribution in [1.82, 2.24) is 10.6 Å². The minimum atomic E-state index is 0.0341. The first-order valence-electron chi connectivity index (χ1n) is 3.72. The highest BCUT2D eigenvalue weighted by Gasteiger charge is 1.91. The van der Waals surface area contributed by atoms with Crippen molar-refractivity contribution in [3.8, 4) is 0 Å². The van der Waals surface area contributed by atoms with E-state index in [1.54, 1.807) is 7.05 Å². The van der Waals surface area contributed by atoms with Crippen LogP contribution in [0.5, 0.6) is 0 Å². The van der Waals surface area contributed by atoms with Crippen LogP contribution in [0.4, 0.5) is 0 Å². The van der Waals surface area contributed by atoms with Crippen LogP contribution in [0.1, 0.15) is 20.8 Å². The molecular formula is C7H18N2O. The molecule has 0 saturated carbocycles. The Balaban J connectivity index is 0. The maximum atomic E-state index is 10.4. The van der Waals surface area contributed by atoms with Gasteiger partial charge in [-0.2, -0.15) is 0 Å². The second kappa shape index (κ2) is 11.3. The summed E-state index contributed by atoms with van der Waals surface area (Å²) in [6.07, 6.45) is 0. The number of carbonyl (C=O) groups excluding carboxylic acids is 1. The van der Waals surface area contributed by atoms with E-state index >= 15 is 0 Å². The molecule has 0 aliphatic heterocycles.